The van der Waals surface area contributed by atoms with Crippen molar-refractivity contribution in [1.29, 1.82) is 0 Å². The summed E-state index contributed by atoms with van der Waals surface area (Å²) >= 11 is 0. The normalized spacial score (nSPS) is 10.5. The van der Waals surface area contributed by atoms with Crippen LogP contribution in [0.15, 0.2) is 54.6 Å². The van der Waals surface area contributed by atoms with E-state index in [1.165, 1.54) is 24.3 Å². The van der Waals surface area contributed by atoms with Gasteiger partial charge in [0.05, 0.1) is 0 Å². The minimum atomic E-state index is -1.16. The predicted octanol–water partition coefficient (Wildman–Crippen LogP) is 2.11. The van der Waals surface area contributed by atoms with E-state index in [2.05, 4.69) is 0 Å². The van der Waals surface area contributed by atoms with E-state index in [-0.39, 0.29) is 16.9 Å². The first kappa shape index (κ1) is 15.2. The lowest BCUT2D eigenvalue weighted by atomic mass is 9.97. The van der Waals surface area contributed by atoms with Crippen molar-refractivity contribution in [2.24, 2.45) is 5.73 Å². The summed E-state index contributed by atoms with van der Waals surface area (Å²) in [6, 6.07) is 13.0. The fourth-order valence-corrected chi connectivity index (χ4v) is 1.98. The Morgan fingerprint density at radius 3 is 2.23 bits per heavy atom. The maximum atomic E-state index is 12.4. The van der Waals surface area contributed by atoms with Gasteiger partial charge < -0.3 is 10.8 Å². The van der Waals surface area contributed by atoms with Gasteiger partial charge in [0.2, 0.25) is 5.91 Å². The van der Waals surface area contributed by atoms with Gasteiger partial charge in [0.25, 0.3) is 0 Å². The van der Waals surface area contributed by atoms with Crippen molar-refractivity contribution in [2.45, 2.75) is 0 Å². The van der Waals surface area contributed by atoms with E-state index in [1.807, 2.05) is 0 Å². The van der Waals surface area contributed by atoms with Crippen LogP contribution in [0.25, 0.3) is 6.08 Å². The van der Waals surface area contributed by atoms with Crippen LogP contribution in [0.1, 0.15) is 31.8 Å². The quantitative estimate of drug-likeness (QED) is 0.652. The van der Waals surface area contributed by atoms with Crippen LogP contribution in [0.4, 0.5) is 0 Å². The average Bonchev–Trinajstić information content (AvgIpc) is 2.52. The largest absolute Gasteiger partial charge is 0.478 e. The molecule has 0 atom stereocenters. The molecule has 0 saturated heterocycles. The van der Waals surface area contributed by atoms with Crippen LogP contribution < -0.4 is 5.73 Å². The topological polar surface area (TPSA) is 97.5 Å². The van der Waals surface area contributed by atoms with Gasteiger partial charge in [-0.2, -0.15) is 0 Å². The van der Waals surface area contributed by atoms with Gasteiger partial charge in [-0.05, 0) is 23.8 Å². The Balaban J connectivity index is 2.46. The minimum absolute atomic E-state index is 0.155. The lowest BCUT2D eigenvalue weighted by molar-refractivity contribution is -0.131. The molecule has 1 amide bonds. The van der Waals surface area contributed by atoms with Crippen LogP contribution >= 0.6 is 0 Å². The molecular weight excluding hydrogens is 282 g/mol. The van der Waals surface area contributed by atoms with Gasteiger partial charge in [-0.1, -0.05) is 36.4 Å². The zero-order valence-electron chi connectivity index (χ0n) is 11.5. The van der Waals surface area contributed by atoms with Crippen LogP contribution in [0, 0.1) is 0 Å². The second kappa shape index (κ2) is 6.49. The van der Waals surface area contributed by atoms with E-state index >= 15 is 0 Å². The molecule has 3 N–H and O–H groups in total. The second-order valence-electron chi connectivity index (χ2n) is 4.53. The number of carbonyl (C=O) groups is 3. The van der Waals surface area contributed by atoms with Crippen molar-refractivity contribution in [3.05, 3.63) is 76.9 Å². The van der Waals surface area contributed by atoms with Crippen LogP contribution in [0.3, 0.4) is 0 Å². The number of carboxylic acids is 1. The molecule has 0 aliphatic carbocycles. The van der Waals surface area contributed by atoms with Crippen molar-refractivity contribution in [2.75, 3.05) is 0 Å². The monoisotopic (exact) mass is 295 g/mol. The summed E-state index contributed by atoms with van der Waals surface area (Å²) < 4.78 is 0. The zero-order chi connectivity index (χ0) is 16.1. The summed E-state index contributed by atoms with van der Waals surface area (Å²) in [4.78, 5) is 34.4. The molecule has 0 bridgehead atoms. The zero-order valence-corrected chi connectivity index (χ0v) is 11.5. The van der Waals surface area contributed by atoms with Crippen molar-refractivity contribution in [3.63, 3.8) is 0 Å². The van der Waals surface area contributed by atoms with Gasteiger partial charge in [0, 0.05) is 22.8 Å². The third-order valence-corrected chi connectivity index (χ3v) is 3.02. The summed E-state index contributed by atoms with van der Waals surface area (Å²) in [5.41, 5.74) is 6.55. The number of carbonyl (C=O) groups excluding carboxylic acids is 2. The fourth-order valence-electron chi connectivity index (χ4n) is 1.98. The van der Waals surface area contributed by atoms with Crippen molar-refractivity contribution >= 4 is 23.7 Å². The molecule has 5 heteroatoms. The number of ketones is 1. The van der Waals surface area contributed by atoms with E-state index in [9.17, 15) is 14.4 Å². The third-order valence-electron chi connectivity index (χ3n) is 3.02. The van der Waals surface area contributed by atoms with Crippen molar-refractivity contribution in [1.82, 2.24) is 0 Å². The standard InChI is InChI=1S/C17H13NO4/c18-17(22)14-8-6-13(10-12(14)7-9-15(19)20)16(21)11-4-2-1-3-5-11/h1-10H,(H2,18,22)(H,19,20)/b9-7+. The molecule has 0 unspecified atom stereocenters. The average molecular weight is 295 g/mol. The molecule has 0 aliphatic heterocycles. The van der Waals surface area contributed by atoms with Crippen LogP contribution in [-0.2, 0) is 4.79 Å². The molecule has 22 heavy (non-hydrogen) atoms. The van der Waals surface area contributed by atoms with E-state index < -0.39 is 11.9 Å². The Bertz CT molecular complexity index is 763. The molecule has 0 radical (unpaired) electrons. The first-order valence-corrected chi connectivity index (χ1v) is 6.43. The number of hydrogen-bond acceptors (Lipinski definition) is 3. The van der Waals surface area contributed by atoms with Gasteiger partial charge in [-0.25, -0.2) is 4.79 Å². The fraction of sp³-hybridized carbons (Fsp3) is 0. The maximum absolute atomic E-state index is 12.4. The van der Waals surface area contributed by atoms with Crippen LogP contribution in [0.5, 0.6) is 0 Å². The molecule has 2 aromatic rings. The molecule has 2 rings (SSSR count). The highest BCUT2D eigenvalue weighted by Crippen LogP contribution is 2.17. The number of carboxylic acid groups (broad SMARTS) is 1. The molecule has 0 fully saturated rings. The summed E-state index contributed by atoms with van der Waals surface area (Å²) in [7, 11) is 0. The third kappa shape index (κ3) is 3.46. The highest BCUT2D eigenvalue weighted by atomic mass is 16.4. The second-order valence-corrected chi connectivity index (χ2v) is 4.53. The Morgan fingerprint density at radius 2 is 1.64 bits per heavy atom. The SMILES string of the molecule is NC(=O)c1ccc(C(=O)c2ccccc2)cc1/C=C/C(=O)O. The maximum Gasteiger partial charge on any atom is 0.328 e. The Kier molecular flexibility index (Phi) is 4.48. The number of hydrogen-bond donors (Lipinski definition) is 2. The molecule has 110 valence electrons. The highest BCUT2D eigenvalue weighted by Gasteiger charge is 2.13. The number of aliphatic carboxylic acids is 1. The van der Waals surface area contributed by atoms with Gasteiger partial charge in [-0.3, -0.25) is 9.59 Å². The number of nitrogens with two attached hydrogens (primary N) is 1. The molecule has 2 aromatic carbocycles. The van der Waals surface area contributed by atoms with E-state index in [0.29, 0.717) is 11.1 Å². The van der Waals surface area contributed by atoms with Crippen molar-refractivity contribution in [3.8, 4) is 0 Å². The summed E-state index contributed by atoms with van der Waals surface area (Å²) in [5.74, 6) is -2.07. The van der Waals surface area contributed by atoms with E-state index in [4.69, 9.17) is 10.8 Å². The summed E-state index contributed by atoms with van der Waals surface area (Å²) in [5, 5.41) is 8.69. The molecular formula is C17H13NO4. The molecule has 0 aromatic heterocycles. The Labute approximate surface area is 126 Å². The molecule has 0 spiro atoms. The van der Waals surface area contributed by atoms with Gasteiger partial charge in [-0.15, -0.1) is 0 Å². The number of primary amides is 1. The van der Waals surface area contributed by atoms with Gasteiger partial charge in [0.1, 0.15) is 0 Å². The molecule has 5 nitrogen and oxygen atoms in total. The Morgan fingerprint density at radius 1 is 0.955 bits per heavy atom. The minimum Gasteiger partial charge on any atom is -0.478 e. The summed E-state index contributed by atoms with van der Waals surface area (Å²) in [6.45, 7) is 0. The smallest absolute Gasteiger partial charge is 0.328 e. The lowest BCUT2D eigenvalue weighted by Crippen LogP contribution is -2.13. The first-order chi connectivity index (χ1) is 10.5. The molecule has 0 heterocycles. The van der Waals surface area contributed by atoms with Gasteiger partial charge >= 0.3 is 5.97 Å². The van der Waals surface area contributed by atoms with Gasteiger partial charge in [0.15, 0.2) is 5.78 Å². The van der Waals surface area contributed by atoms with E-state index in [0.717, 1.165) is 6.08 Å². The summed E-state index contributed by atoms with van der Waals surface area (Å²) in [6.07, 6.45) is 2.13. The molecule has 0 aliphatic rings. The number of rotatable bonds is 5. The highest BCUT2D eigenvalue weighted by molar-refractivity contribution is 6.10. The number of benzene rings is 2. The van der Waals surface area contributed by atoms with Crippen LogP contribution in [-0.4, -0.2) is 22.8 Å². The molecule has 0 saturated carbocycles. The van der Waals surface area contributed by atoms with Crippen molar-refractivity contribution < 1.29 is 19.5 Å². The van der Waals surface area contributed by atoms with Crippen LogP contribution in [0.2, 0.25) is 0 Å². The number of amides is 1. The van der Waals surface area contributed by atoms with E-state index in [1.54, 1.807) is 30.3 Å². The Hall–Kier alpha value is -3.21. The predicted molar refractivity (Wildman–Crippen MR) is 81.5 cm³/mol. The lowest BCUT2D eigenvalue weighted by Gasteiger charge is -2.06. The first-order valence-electron chi connectivity index (χ1n) is 6.43.